The molecule has 2 aromatic rings. The lowest BCUT2D eigenvalue weighted by Crippen LogP contribution is -2.34. The minimum absolute atomic E-state index is 0.120. The molecule has 2 aliphatic rings. The number of hydrogen-bond acceptors (Lipinski definition) is 5. The second kappa shape index (κ2) is 6.05. The maximum absolute atomic E-state index is 12.3. The average Bonchev–Trinajstić information content (AvgIpc) is 3.13. The molecule has 1 saturated heterocycles. The normalized spacial score (nSPS) is 18.3. The summed E-state index contributed by atoms with van der Waals surface area (Å²) in [6.45, 7) is 2.11. The van der Waals surface area contributed by atoms with Crippen LogP contribution in [0.4, 0.5) is 0 Å². The summed E-state index contributed by atoms with van der Waals surface area (Å²) in [5.74, 6) is 0.257. The molecule has 4 rings (SSSR count). The molecule has 1 fully saturated rings. The van der Waals surface area contributed by atoms with Gasteiger partial charge < -0.3 is 15.0 Å². The minimum Gasteiger partial charge on any atom is -0.381 e. The summed E-state index contributed by atoms with van der Waals surface area (Å²) in [5, 5.41) is 3.57. The Balaban J connectivity index is 1.54. The van der Waals surface area contributed by atoms with Crippen LogP contribution in [0.1, 0.15) is 40.3 Å². The van der Waals surface area contributed by atoms with E-state index >= 15 is 0 Å². The highest BCUT2D eigenvalue weighted by Crippen LogP contribution is 2.34. The Morgan fingerprint density at radius 2 is 2.17 bits per heavy atom. The summed E-state index contributed by atoms with van der Waals surface area (Å²) in [6.07, 6.45) is 4.97. The van der Waals surface area contributed by atoms with Crippen molar-refractivity contribution in [2.24, 2.45) is 5.92 Å². The van der Waals surface area contributed by atoms with Crippen LogP contribution in [0, 0.1) is 5.92 Å². The van der Waals surface area contributed by atoms with Crippen LogP contribution < -0.4 is 10.9 Å². The molecule has 3 heterocycles. The van der Waals surface area contributed by atoms with E-state index in [-0.39, 0.29) is 17.3 Å². The van der Waals surface area contributed by atoms with Crippen molar-refractivity contribution in [1.82, 2.24) is 15.3 Å². The van der Waals surface area contributed by atoms with Gasteiger partial charge in [-0.1, -0.05) is 0 Å². The quantitative estimate of drug-likeness (QED) is 0.894. The van der Waals surface area contributed by atoms with Crippen molar-refractivity contribution in [3.05, 3.63) is 26.6 Å². The molecule has 6 nitrogen and oxygen atoms in total. The first-order valence-electron chi connectivity index (χ1n) is 8.13. The van der Waals surface area contributed by atoms with E-state index in [1.165, 1.54) is 4.88 Å². The second-order valence-corrected chi connectivity index (χ2v) is 7.30. The lowest BCUT2D eigenvalue weighted by molar-refractivity contribution is 0.0641. The van der Waals surface area contributed by atoms with Crippen molar-refractivity contribution >= 4 is 27.5 Å². The molecule has 2 N–H and O–H groups in total. The summed E-state index contributed by atoms with van der Waals surface area (Å²) in [6, 6.07) is 0. The van der Waals surface area contributed by atoms with Crippen molar-refractivity contribution in [3.8, 4) is 0 Å². The van der Waals surface area contributed by atoms with E-state index in [0.29, 0.717) is 22.7 Å². The smallest absolute Gasteiger partial charge is 0.287 e. The standard InChI is InChI=1S/C16H19N3O3S/c20-14-12-10-2-1-3-11(10)23-16(12)19-13(18-14)15(21)17-8-9-4-6-22-7-5-9/h9H,1-8H2,(H,17,21)(H,18,19,20). The number of fused-ring (bicyclic) bond motifs is 3. The summed E-state index contributed by atoms with van der Waals surface area (Å²) in [7, 11) is 0. The molecule has 7 heteroatoms. The van der Waals surface area contributed by atoms with Gasteiger partial charge in [-0.05, 0) is 43.6 Å². The summed E-state index contributed by atoms with van der Waals surface area (Å²) in [5.41, 5.74) is 0.943. The highest BCUT2D eigenvalue weighted by Gasteiger charge is 2.23. The van der Waals surface area contributed by atoms with Gasteiger partial charge in [0.2, 0.25) is 5.82 Å². The molecule has 1 aliphatic heterocycles. The average molecular weight is 333 g/mol. The van der Waals surface area contributed by atoms with Crippen molar-refractivity contribution < 1.29 is 9.53 Å². The lowest BCUT2D eigenvalue weighted by atomic mass is 10.0. The van der Waals surface area contributed by atoms with Crippen molar-refractivity contribution in [3.63, 3.8) is 0 Å². The third kappa shape index (κ3) is 2.79. The zero-order valence-corrected chi connectivity index (χ0v) is 13.6. The van der Waals surface area contributed by atoms with E-state index in [4.69, 9.17) is 4.74 Å². The van der Waals surface area contributed by atoms with E-state index in [1.807, 2.05) is 0 Å². The van der Waals surface area contributed by atoms with Crippen LogP contribution in [0.5, 0.6) is 0 Å². The van der Waals surface area contributed by atoms with Crippen molar-refractivity contribution in [2.75, 3.05) is 19.8 Å². The Labute approximate surface area is 137 Å². The molecule has 0 saturated carbocycles. The van der Waals surface area contributed by atoms with Gasteiger partial charge in [0.15, 0.2) is 0 Å². The zero-order chi connectivity index (χ0) is 15.8. The van der Waals surface area contributed by atoms with Crippen LogP contribution in [-0.2, 0) is 17.6 Å². The number of amides is 1. The largest absolute Gasteiger partial charge is 0.381 e. The molecule has 23 heavy (non-hydrogen) atoms. The number of H-pyrrole nitrogens is 1. The summed E-state index contributed by atoms with van der Waals surface area (Å²) < 4.78 is 5.31. The highest BCUT2D eigenvalue weighted by molar-refractivity contribution is 7.18. The molecule has 0 bridgehead atoms. The molecule has 0 atom stereocenters. The number of rotatable bonds is 3. The van der Waals surface area contributed by atoms with Crippen molar-refractivity contribution in [1.29, 1.82) is 0 Å². The van der Waals surface area contributed by atoms with E-state index in [1.54, 1.807) is 11.3 Å². The first kappa shape index (κ1) is 14.8. The molecule has 0 aromatic carbocycles. The van der Waals surface area contributed by atoms with E-state index in [9.17, 15) is 9.59 Å². The number of nitrogens with zero attached hydrogens (tertiary/aromatic N) is 1. The first-order valence-corrected chi connectivity index (χ1v) is 8.94. The number of aromatic amines is 1. The van der Waals surface area contributed by atoms with E-state index in [2.05, 4.69) is 15.3 Å². The van der Waals surface area contributed by atoms with Crippen LogP contribution in [0.15, 0.2) is 4.79 Å². The molecule has 1 aliphatic carbocycles. The zero-order valence-electron chi connectivity index (χ0n) is 12.8. The maximum Gasteiger partial charge on any atom is 0.287 e. The number of thiophene rings is 1. The molecular formula is C16H19N3O3S. The predicted molar refractivity (Wildman–Crippen MR) is 88.1 cm³/mol. The van der Waals surface area contributed by atoms with Gasteiger partial charge in [0.25, 0.3) is 11.5 Å². The molecule has 2 aromatic heterocycles. The Kier molecular flexibility index (Phi) is 3.90. The Bertz CT molecular complexity index is 805. The van der Waals surface area contributed by atoms with Gasteiger partial charge >= 0.3 is 0 Å². The van der Waals surface area contributed by atoms with Gasteiger partial charge in [0.05, 0.1) is 5.39 Å². The number of hydrogen-bond donors (Lipinski definition) is 2. The van der Waals surface area contributed by atoms with Crippen LogP contribution in [0.3, 0.4) is 0 Å². The molecule has 0 radical (unpaired) electrons. The highest BCUT2D eigenvalue weighted by atomic mass is 32.1. The molecular weight excluding hydrogens is 314 g/mol. The fourth-order valence-electron chi connectivity index (χ4n) is 3.38. The Morgan fingerprint density at radius 3 is 3.00 bits per heavy atom. The monoisotopic (exact) mass is 333 g/mol. The van der Waals surface area contributed by atoms with E-state index < -0.39 is 0 Å². The fraction of sp³-hybridized carbons (Fsp3) is 0.562. The number of aromatic nitrogens is 2. The maximum atomic E-state index is 12.3. The number of carbonyl (C=O) groups is 1. The van der Waals surface area contributed by atoms with Gasteiger partial charge in [0.1, 0.15) is 4.83 Å². The van der Waals surface area contributed by atoms with Gasteiger partial charge in [0, 0.05) is 24.6 Å². The fourth-order valence-corrected chi connectivity index (χ4v) is 4.64. The van der Waals surface area contributed by atoms with Gasteiger partial charge in [-0.25, -0.2) is 4.98 Å². The van der Waals surface area contributed by atoms with Crippen LogP contribution >= 0.6 is 11.3 Å². The van der Waals surface area contributed by atoms with Crippen molar-refractivity contribution in [2.45, 2.75) is 32.1 Å². The molecule has 0 spiro atoms. The number of nitrogens with one attached hydrogen (secondary N) is 2. The molecule has 0 unspecified atom stereocenters. The minimum atomic E-state index is -0.302. The number of carbonyl (C=O) groups excluding carboxylic acids is 1. The van der Waals surface area contributed by atoms with Gasteiger partial charge in [-0.3, -0.25) is 9.59 Å². The third-order valence-corrected chi connectivity index (χ3v) is 5.87. The van der Waals surface area contributed by atoms with Gasteiger partial charge in [-0.2, -0.15) is 0 Å². The number of ether oxygens (including phenoxy) is 1. The van der Waals surface area contributed by atoms with Crippen LogP contribution in [0.2, 0.25) is 0 Å². The van der Waals surface area contributed by atoms with E-state index in [0.717, 1.165) is 50.9 Å². The third-order valence-electron chi connectivity index (χ3n) is 4.68. The molecule has 1 amide bonds. The predicted octanol–water partition coefficient (Wildman–Crippen LogP) is 1.63. The van der Waals surface area contributed by atoms with Gasteiger partial charge in [-0.15, -0.1) is 11.3 Å². The summed E-state index contributed by atoms with van der Waals surface area (Å²) in [4.78, 5) is 33.6. The van der Waals surface area contributed by atoms with Crippen LogP contribution in [0.25, 0.3) is 10.2 Å². The number of aryl methyl sites for hydroxylation is 2. The Hall–Kier alpha value is -1.73. The molecule has 122 valence electrons. The Morgan fingerprint density at radius 1 is 1.35 bits per heavy atom. The second-order valence-electron chi connectivity index (χ2n) is 6.22. The summed E-state index contributed by atoms with van der Waals surface area (Å²) >= 11 is 1.55. The SMILES string of the molecule is O=C(NCC1CCOCC1)c1nc2sc3c(c2c(=O)[nH]1)CCC3. The first-order chi connectivity index (χ1) is 11.2. The van der Waals surface area contributed by atoms with Crippen LogP contribution in [-0.4, -0.2) is 35.6 Å². The topological polar surface area (TPSA) is 84.1 Å². The lowest BCUT2D eigenvalue weighted by Gasteiger charge is -2.21.